The molecule has 0 spiro atoms. The predicted octanol–water partition coefficient (Wildman–Crippen LogP) is 6.58. The van der Waals surface area contributed by atoms with Crippen LogP contribution in [0.2, 0.25) is 0 Å². The van der Waals surface area contributed by atoms with Gasteiger partial charge in [-0.3, -0.25) is 4.90 Å². The lowest BCUT2D eigenvalue weighted by molar-refractivity contribution is -0.139. The molecule has 0 saturated heterocycles. The van der Waals surface area contributed by atoms with Crippen LogP contribution in [0.4, 0.5) is 32.0 Å². The van der Waals surface area contributed by atoms with Gasteiger partial charge in [-0.05, 0) is 45.8 Å². The summed E-state index contributed by atoms with van der Waals surface area (Å²) in [6, 6.07) is 11.5. The minimum atomic E-state index is -5.11. The van der Waals surface area contributed by atoms with Crippen LogP contribution in [0, 0.1) is 28.8 Å². The van der Waals surface area contributed by atoms with E-state index in [4.69, 9.17) is 19.9 Å². The molecule has 1 aliphatic heterocycles. The molecule has 4 rings (SSSR count). The summed E-state index contributed by atoms with van der Waals surface area (Å²) in [7, 11) is 1.97. The van der Waals surface area contributed by atoms with Crippen LogP contribution in [0.3, 0.4) is 0 Å². The SMILES string of the molecule is COC(=O)C1=C(C(=O)OC)N(c2ccc(F)c(Br)c2Oc2c(F)cc(C(F)(F)F)cc2F)C(N)=C(C#N)C1c1ccccc1. The molecule has 1 unspecified atom stereocenters. The van der Waals surface area contributed by atoms with Gasteiger partial charge >= 0.3 is 18.1 Å². The number of anilines is 1. The van der Waals surface area contributed by atoms with Crippen molar-refractivity contribution < 1.29 is 50.1 Å². The fourth-order valence-corrected chi connectivity index (χ4v) is 4.90. The molecular formula is C29H18BrF6N3O5. The van der Waals surface area contributed by atoms with Crippen LogP contribution < -0.4 is 15.4 Å². The van der Waals surface area contributed by atoms with Crippen molar-refractivity contribution in [3.05, 3.63) is 110 Å². The number of carbonyl (C=O) groups is 2. The molecule has 3 aromatic carbocycles. The van der Waals surface area contributed by atoms with Crippen LogP contribution in [-0.4, -0.2) is 26.2 Å². The number of benzene rings is 3. The molecule has 0 radical (unpaired) electrons. The molecule has 228 valence electrons. The van der Waals surface area contributed by atoms with E-state index in [0.29, 0.717) is 5.56 Å². The third kappa shape index (κ3) is 5.68. The summed E-state index contributed by atoms with van der Waals surface area (Å²) in [4.78, 5) is 27.3. The number of esters is 2. The average molecular weight is 682 g/mol. The fourth-order valence-electron chi connectivity index (χ4n) is 4.48. The highest BCUT2D eigenvalue weighted by Gasteiger charge is 2.44. The van der Waals surface area contributed by atoms with Crippen LogP contribution in [-0.2, 0) is 25.2 Å². The van der Waals surface area contributed by atoms with Crippen molar-refractivity contribution in [2.45, 2.75) is 12.1 Å². The number of nitriles is 1. The Bertz CT molecular complexity index is 1750. The van der Waals surface area contributed by atoms with Crippen LogP contribution in [0.25, 0.3) is 0 Å². The lowest BCUT2D eigenvalue weighted by atomic mass is 9.81. The van der Waals surface area contributed by atoms with E-state index >= 15 is 0 Å². The van der Waals surface area contributed by atoms with E-state index in [1.54, 1.807) is 30.3 Å². The summed E-state index contributed by atoms with van der Waals surface area (Å²) < 4.78 is 98.3. The third-order valence-electron chi connectivity index (χ3n) is 6.41. The Labute approximate surface area is 253 Å². The Morgan fingerprint density at radius 3 is 2.05 bits per heavy atom. The van der Waals surface area contributed by atoms with E-state index in [2.05, 4.69) is 15.9 Å². The van der Waals surface area contributed by atoms with Crippen molar-refractivity contribution in [1.29, 1.82) is 5.26 Å². The van der Waals surface area contributed by atoms with Crippen LogP contribution in [0.15, 0.2) is 81.7 Å². The molecule has 1 atom stereocenters. The molecule has 44 heavy (non-hydrogen) atoms. The molecule has 0 fully saturated rings. The highest BCUT2D eigenvalue weighted by atomic mass is 79.9. The highest BCUT2D eigenvalue weighted by molar-refractivity contribution is 9.10. The number of halogens is 7. The molecule has 0 aromatic heterocycles. The summed E-state index contributed by atoms with van der Waals surface area (Å²) in [5.41, 5.74) is 3.21. The Morgan fingerprint density at radius 1 is 0.932 bits per heavy atom. The number of hydrogen-bond acceptors (Lipinski definition) is 8. The van der Waals surface area contributed by atoms with Gasteiger partial charge in [0.15, 0.2) is 23.1 Å². The van der Waals surface area contributed by atoms with Crippen molar-refractivity contribution in [1.82, 2.24) is 0 Å². The first-order valence-corrected chi connectivity index (χ1v) is 12.9. The Hall–Kier alpha value is -4.97. The molecule has 0 bridgehead atoms. The standard InChI is InChI=1S/C29H18BrF6N3O5/c1-42-27(40)21-20(13-6-4-3-5-7-13)15(12-37)26(38)39(23(21)28(41)43-2)19-9-8-16(31)22(30)25(19)44-24-17(32)10-14(11-18(24)33)29(34,35)36/h3-11,20H,38H2,1-2H3. The van der Waals surface area contributed by atoms with E-state index in [0.717, 1.165) is 31.3 Å². The number of alkyl halides is 3. The summed E-state index contributed by atoms with van der Waals surface area (Å²) in [5.74, 6) is -10.9. The number of allylic oxidation sites excluding steroid dienone is 1. The van der Waals surface area contributed by atoms with Gasteiger partial charge in [-0.15, -0.1) is 0 Å². The van der Waals surface area contributed by atoms with Gasteiger partial charge in [0.25, 0.3) is 0 Å². The molecule has 1 aliphatic rings. The quantitative estimate of drug-likeness (QED) is 0.229. The number of nitrogens with zero attached hydrogens (tertiary/aromatic N) is 2. The van der Waals surface area contributed by atoms with E-state index in [-0.39, 0.29) is 17.7 Å². The Balaban J connectivity index is 2.06. The maximum absolute atomic E-state index is 14.8. The lowest BCUT2D eigenvalue weighted by Crippen LogP contribution is -2.41. The average Bonchev–Trinajstić information content (AvgIpc) is 2.99. The monoisotopic (exact) mass is 681 g/mol. The maximum Gasteiger partial charge on any atom is 0.416 e. The fraction of sp³-hybridized carbons (Fsp3) is 0.138. The molecule has 15 heteroatoms. The van der Waals surface area contributed by atoms with Crippen LogP contribution in [0.5, 0.6) is 11.5 Å². The van der Waals surface area contributed by atoms with Gasteiger partial charge in [0.1, 0.15) is 17.3 Å². The first-order valence-electron chi connectivity index (χ1n) is 12.1. The second-order valence-electron chi connectivity index (χ2n) is 8.91. The van der Waals surface area contributed by atoms with Crippen LogP contribution >= 0.6 is 15.9 Å². The lowest BCUT2D eigenvalue weighted by Gasteiger charge is -2.36. The second-order valence-corrected chi connectivity index (χ2v) is 9.71. The molecule has 0 saturated carbocycles. The summed E-state index contributed by atoms with van der Waals surface area (Å²) in [5, 5.41) is 10.2. The summed E-state index contributed by atoms with van der Waals surface area (Å²) in [6.07, 6.45) is -5.11. The molecule has 2 N–H and O–H groups in total. The number of hydrogen-bond donors (Lipinski definition) is 1. The smallest absolute Gasteiger partial charge is 0.416 e. The van der Waals surface area contributed by atoms with Crippen molar-refractivity contribution in [3.8, 4) is 17.6 Å². The zero-order chi connectivity index (χ0) is 32.5. The van der Waals surface area contributed by atoms with Gasteiger partial charge in [-0.2, -0.15) is 18.4 Å². The highest BCUT2D eigenvalue weighted by Crippen LogP contribution is 2.49. The maximum atomic E-state index is 14.8. The van der Waals surface area contributed by atoms with Gasteiger partial charge < -0.3 is 19.9 Å². The topological polar surface area (TPSA) is 115 Å². The van der Waals surface area contributed by atoms with Crippen LogP contribution in [0.1, 0.15) is 17.0 Å². The zero-order valence-electron chi connectivity index (χ0n) is 22.4. The number of methoxy groups -OCH3 is 2. The van der Waals surface area contributed by atoms with Gasteiger partial charge in [-0.25, -0.2) is 22.8 Å². The summed E-state index contributed by atoms with van der Waals surface area (Å²) in [6.45, 7) is 0. The van der Waals surface area contributed by atoms with Gasteiger partial charge in [0.2, 0.25) is 0 Å². The number of rotatable bonds is 6. The number of carbonyl (C=O) groups excluding carboxylic acids is 2. The molecule has 3 aromatic rings. The molecular weight excluding hydrogens is 664 g/mol. The van der Waals surface area contributed by atoms with Crippen molar-refractivity contribution in [3.63, 3.8) is 0 Å². The first kappa shape index (κ1) is 32.0. The zero-order valence-corrected chi connectivity index (χ0v) is 24.0. The second kappa shape index (κ2) is 12.3. The molecule has 0 amide bonds. The Morgan fingerprint density at radius 2 is 1.52 bits per heavy atom. The van der Waals surface area contributed by atoms with Gasteiger partial charge in [0.05, 0.1) is 53.1 Å². The Kier molecular flexibility index (Phi) is 8.96. The number of nitrogens with two attached hydrogens (primary N) is 1. The minimum Gasteiger partial charge on any atom is -0.466 e. The first-order chi connectivity index (χ1) is 20.8. The van der Waals surface area contributed by atoms with Crippen molar-refractivity contribution >= 4 is 33.6 Å². The van der Waals surface area contributed by atoms with E-state index in [1.165, 1.54) is 0 Å². The largest absolute Gasteiger partial charge is 0.466 e. The predicted molar refractivity (Wildman–Crippen MR) is 145 cm³/mol. The molecule has 0 aliphatic carbocycles. The molecule has 8 nitrogen and oxygen atoms in total. The van der Waals surface area contributed by atoms with Crippen molar-refractivity contribution in [2.75, 3.05) is 19.1 Å². The minimum absolute atomic E-state index is 0.0339. The van der Waals surface area contributed by atoms with Gasteiger partial charge in [0, 0.05) is 0 Å². The number of ether oxygens (including phenoxy) is 3. The van der Waals surface area contributed by atoms with E-state index in [1.807, 2.05) is 6.07 Å². The van der Waals surface area contributed by atoms with Gasteiger partial charge in [-0.1, -0.05) is 30.3 Å². The summed E-state index contributed by atoms with van der Waals surface area (Å²) >= 11 is 2.89. The van der Waals surface area contributed by atoms with E-state index in [9.17, 15) is 41.2 Å². The van der Waals surface area contributed by atoms with Crippen molar-refractivity contribution in [2.24, 2.45) is 5.73 Å². The normalized spacial score (nSPS) is 15.2. The third-order valence-corrected chi connectivity index (χ3v) is 7.15. The van der Waals surface area contributed by atoms with E-state index < -0.39 is 85.8 Å². The molecule has 1 heterocycles.